The third kappa shape index (κ3) is 3.45. The van der Waals surface area contributed by atoms with Crippen molar-refractivity contribution in [2.24, 2.45) is 0 Å². The zero-order valence-corrected chi connectivity index (χ0v) is 13.8. The lowest BCUT2D eigenvalue weighted by atomic mass is 9.93. The van der Waals surface area contributed by atoms with E-state index in [9.17, 15) is 4.79 Å². The first-order chi connectivity index (χ1) is 9.00. The zero-order chi connectivity index (χ0) is 14.0. The van der Waals surface area contributed by atoms with Gasteiger partial charge >= 0.3 is 0 Å². The summed E-state index contributed by atoms with van der Waals surface area (Å²) in [5.74, 6) is -0.0353. The second-order valence-corrected chi connectivity index (χ2v) is 6.76. The first-order valence-corrected chi connectivity index (χ1v) is 7.97. The van der Waals surface area contributed by atoms with Crippen molar-refractivity contribution in [3.05, 3.63) is 33.3 Å². The first-order valence-electron chi connectivity index (χ1n) is 6.37. The summed E-state index contributed by atoms with van der Waals surface area (Å²) >= 11 is 15.7. The maximum atomic E-state index is 12.5. The fraction of sp³-hybridized carbons (Fsp3) is 0.500. The Balaban J connectivity index is 2.20. The van der Waals surface area contributed by atoms with E-state index < -0.39 is 0 Å². The number of halogens is 3. The second kappa shape index (κ2) is 6.47. The van der Waals surface area contributed by atoms with E-state index in [2.05, 4.69) is 15.9 Å². The standard InChI is InChI=1S/C14H16BrCl2NO/c1-18(13-5-3-2-4-12(13)17)14(19)10-8-9(16)6-7-11(10)15/h6-8,12-13H,2-5H2,1H3. The zero-order valence-electron chi connectivity index (χ0n) is 10.7. The van der Waals surface area contributed by atoms with Gasteiger partial charge in [0, 0.05) is 22.6 Å². The van der Waals surface area contributed by atoms with Crippen LogP contribution in [0.25, 0.3) is 0 Å². The van der Waals surface area contributed by atoms with Crippen LogP contribution in [0.2, 0.25) is 5.02 Å². The minimum Gasteiger partial charge on any atom is -0.337 e. The maximum absolute atomic E-state index is 12.5. The third-order valence-corrected chi connectivity index (χ3v) is 5.06. The van der Waals surface area contributed by atoms with E-state index in [1.165, 1.54) is 0 Å². The molecule has 1 fully saturated rings. The van der Waals surface area contributed by atoms with Crippen molar-refractivity contribution >= 4 is 45.0 Å². The van der Waals surface area contributed by atoms with Gasteiger partial charge in [0.05, 0.1) is 10.9 Å². The highest BCUT2D eigenvalue weighted by Gasteiger charge is 2.30. The molecule has 1 aliphatic carbocycles. The molecule has 19 heavy (non-hydrogen) atoms. The Morgan fingerprint density at radius 3 is 2.74 bits per heavy atom. The van der Waals surface area contributed by atoms with Gasteiger partial charge in [-0.1, -0.05) is 24.4 Å². The van der Waals surface area contributed by atoms with Crippen molar-refractivity contribution in [2.75, 3.05) is 7.05 Å². The Bertz CT molecular complexity index is 481. The van der Waals surface area contributed by atoms with Crippen LogP contribution in [0.3, 0.4) is 0 Å². The fourth-order valence-electron chi connectivity index (χ4n) is 2.50. The monoisotopic (exact) mass is 363 g/mol. The average molecular weight is 365 g/mol. The van der Waals surface area contributed by atoms with Crippen LogP contribution in [0.15, 0.2) is 22.7 Å². The molecule has 0 spiro atoms. The molecule has 2 atom stereocenters. The molecule has 2 nitrogen and oxygen atoms in total. The number of rotatable bonds is 2. The van der Waals surface area contributed by atoms with Gasteiger partial charge in [0.2, 0.25) is 0 Å². The predicted molar refractivity (Wildman–Crippen MR) is 83.1 cm³/mol. The summed E-state index contributed by atoms with van der Waals surface area (Å²) in [5, 5.41) is 0.603. The first kappa shape index (κ1) is 15.1. The van der Waals surface area contributed by atoms with E-state index in [0.717, 1.165) is 30.2 Å². The third-order valence-electron chi connectivity index (χ3n) is 3.62. The molecule has 1 aliphatic rings. The molecule has 1 aromatic rings. The predicted octanol–water partition coefficient (Wildman–Crippen LogP) is 4.72. The number of carbonyl (C=O) groups excluding carboxylic acids is 1. The van der Waals surface area contributed by atoms with Crippen molar-refractivity contribution in [1.29, 1.82) is 0 Å². The molecule has 0 saturated heterocycles. The van der Waals surface area contributed by atoms with E-state index in [1.54, 1.807) is 23.1 Å². The fourth-order valence-corrected chi connectivity index (χ4v) is 3.54. The van der Waals surface area contributed by atoms with E-state index >= 15 is 0 Å². The van der Waals surface area contributed by atoms with Crippen molar-refractivity contribution in [3.8, 4) is 0 Å². The van der Waals surface area contributed by atoms with Gasteiger partial charge < -0.3 is 4.90 Å². The van der Waals surface area contributed by atoms with Crippen LogP contribution in [-0.2, 0) is 0 Å². The Labute approximate surface area is 132 Å². The molecule has 0 aromatic heterocycles. The lowest BCUT2D eigenvalue weighted by Crippen LogP contribution is -2.44. The molecule has 0 heterocycles. The molecule has 5 heteroatoms. The molecule has 104 valence electrons. The molecule has 1 saturated carbocycles. The number of carbonyl (C=O) groups is 1. The summed E-state index contributed by atoms with van der Waals surface area (Å²) in [4.78, 5) is 14.3. The van der Waals surface area contributed by atoms with Crippen LogP contribution in [0.4, 0.5) is 0 Å². The molecule has 0 bridgehead atoms. The van der Waals surface area contributed by atoms with Crippen LogP contribution in [0.5, 0.6) is 0 Å². The SMILES string of the molecule is CN(C(=O)c1cc(Cl)ccc1Br)C1CCCCC1Cl. The van der Waals surface area contributed by atoms with E-state index in [-0.39, 0.29) is 17.3 Å². The Kier molecular flexibility index (Phi) is 5.15. The summed E-state index contributed by atoms with van der Waals surface area (Å²) in [7, 11) is 1.82. The molecule has 1 amide bonds. The molecule has 2 rings (SSSR count). The number of amides is 1. The van der Waals surface area contributed by atoms with Crippen LogP contribution in [0, 0.1) is 0 Å². The topological polar surface area (TPSA) is 20.3 Å². The largest absolute Gasteiger partial charge is 0.337 e. The van der Waals surface area contributed by atoms with Gasteiger partial charge in [-0.3, -0.25) is 4.79 Å². The van der Waals surface area contributed by atoms with Gasteiger partial charge in [0.15, 0.2) is 0 Å². The van der Waals surface area contributed by atoms with Crippen LogP contribution < -0.4 is 0 Å². The highest BCUT2D eigenvalue weighted by Crippen LogP contribution is 2.29. The molecule has 1 aromatic carbocycles. The van der Waals surface area contributed by atoms with Crippen molar-refractivity contribution in [1.82, 2.24) is 4.90 Å². The Morgan fingerprint density at radius 2 is 2.05 bits per heavy atom. The number of hydrogen-bond donors (Lipinski definition) is 0. The van der Waals surface area contributed by atoms with E-state index in [0.29, 0.717) is 10.6 Å². The van der Waals surface area contributed by atoms with Crippen LogP contribution in [-0.4, -0.2) is 29.3 Å². The van der Waals surface area contributed by atoms with Gasteiger partial charge in [-0.2, -0.15) is 0 Å². The lowest BCUT2D eigenvalue weighted by molar-refractivity contribution is 0.0699. The molecule has 0 N–H and O–H groups in total. The van der Waals surface area contributed by atoms with Crippen molar-refractivity contribution in [3.63, 3.8) is 0 Å². The molecule has 0 radical (unpaired) electrons. The van der Waals surface area contributed by atoms with E-state index in [1.807, 2.05) is 7.05 Å². The minimum atomic E-state index is -0.0353. The normalized spacial score (nSPS) is 23.2. The highest BCUT2D eigenvalue weighted by molar-refractivity contribution is 9.10. The Morgan fingerprint density at radius 1 is 1.37 bits per heavy atom. The molecule has 0 aliphatic heterocycles. The highest BCUT2D eigenvalue weighted by atomic mass is 79.9. The number of nitrogens with zero attached hydrogens (tertiary/aromatic N) is 1. The summed E-state index contributed by atoms with van der Waals surface area (Å²) in [6, 6.07) is 5.35. The quantitative estimate of drug-likeness (QED) is 0.695. The summed E-state index contributed by atoms with van der Waals surface area (Å²) in [6.45, 7) is 0. The lowest BCUT2D eigenvalue weighted by Gasteiger charge is -2.35. The molecular weight excluding hydrogens is 349 g/mol. The van der Waals surface area contributed by atoms with Gasteiger partial charge in [0.25, 0.3) is 5.91 Å². The minimum absolute atomic E-state index is 0.0353. The van der Waals surface area contributed by atoms with Crippen LogP contribution >= 0.6 is 39.1 Å². The smallest absolute Gasteiger partial charge is 0.255 e. The number of hydrogen-bond acceptors (Lipinski definition) is 1. The maximum Gasteiger partial charge on any atom is 0.255 e. The van der Waals surface area contributed by atoms with Crippen molar-refractivity contribution < 1.29 is 4.79 Å². The summed E-state index contributed by atoms with van der Waals surface area (Å²) in [6.07, 6.45) is 4.21. The second-order valence-electron chi connectivity index (χ2n) is 4.91. The van der Waals surface area contributed by atoms with Gasteiger partial charge in [0.1, 0.15) is 0 Å². The summed E-state index contributed by atoms with van der Waals surface area (Å²) < 4.78 is 0.760. The van der Waals surface area contributed by atoms with Gasteiger partial charge in [-0.15, -0.1) is 11.6 Å². The summed E-state index contributed by atoms with van der Waals surface area (Å²) in [5.41, 5.74) is 0.587. The number of alkyl halides is 1. The number of benzene rings is 1. The van der Waals surface area contributed by atoms with Crippen molar-refractivity contribution in [2.45, 2.75) is 37.1 Å². The average Bonchev–Trinajstić information content (AvgIpc) is 2.40. The van der Waals surface area contributed by atoms with Gasteiger partial charge in [-0.25, -0.2) is 0 Å². The van der Waals surface area contributed by atoms with Crippen LogP contribution in [0.1, 0.15) is 36.0 Å². The molecule has 2 unspecified atom stereocenters. The Hall–Kier alpha value is -0.250. The van der Waals surface area contributed by atoms with E-state index in [4.69, 9.17) is 23.2 Å². The molecular formula is C14H16BrCl2NO. The van der Waals surface area contributed by atoms with Gasteiger partial charge in [-0.05, 0) is 47.0 Å².